The van der Waals surface area contributed by atoms with Gasteiger partial charge in [-0.2, -0.15) is 0 Å². The van der Waals surface area contributed by atoms with Gasteiger partial charge in [0.2, 0.25) is 5.91 Å². The van der Waals surface area contributed by atoms with E-state index in [1.54, 1.807) is 5.38 Å². The number of carbonyl (C=O) groups is 3. The van der Waals surface area contributed by atoms with Gasteiger partial charge in [0.15, 0.2) is 0 Å². The van der Waals surface area contributed by atoms with E-state index in [0.717, 1.165) is 16.7 Å². The summed E-state index contributed by atoms with van der Waals surface area (Å²) in [6.45, 7) is 3.97. The minimum absolute atomic E-state index is 0.222. The molecule has 0 atom stereocenters. The van der Waals surface area contributed by atoms with Crippen molar-refractivity contribution in [3.8, 4) is 11.1 Å². The SMILES string of the molecule is COC(=O)c1c(-c2ccc(C)c(C)c2)csc1NC(=O)CCC(=O)[O-]. The molecule has 1 aromatic carbocycles. The first-order chi connectivity index (χ1) is 11.8. The van der Waals surface area contributed by atoms with Crippen LogP contribution in [0.3, 0.4) is 0 Å². The predicted molar refractivity (Wildman–Crippen MR) is 93.4 cm³/mol. The van der Waals surface area contributed by atoms with Crippen LogP contribution >= 0.6 is 11.3 Å². The third-order valence-electron chi connectivity index (χ3n) is 3.81. The highest BCUT2D eigenvalue weighted by atomic mass is 32.1. The average Bonchev–Trinajstić information content (AvgIpc) is 2.98. The fourth-order valence-corrected chi connectivity index (χ4v) is 3.25. The van der Waals surface area contributed by atoms with Crippen molar-refractivity contribution in [2.75, 3.05) is 12.4 Å². The molecule has 0 radical (unpaired) electrons. The van der Waals surface area contributed by atoms with E-state index in [1.165, 1.54) is 18.4 Å². The third-order valence-corrected chi connectivity index (χ3v) is 4.70. The summed E-state index contributed by atoms with van der Waals surface area (Å²) in [7, 11) is 1.27. The quantitative estimate of drug-likeness (QED) is 0.798. The first-order valence-corrected chi connectivity index (χ1v) is 8.48. The van der Waals surface area contributed by atoms with E-state index in [-0.39, 0.29) is 18.4 Å². The number of hydrogen-bond acceptors (Lipinski definition) is 6. The maximum Gasteiger partial charge on any atom is 0.341 e. The highest BCUT2D eigenvalue weighted by Crippen LogP contribution is 2.36. The van der Waals surface area contributed by atoms with Gasteiger partial charge in [0.05, 0.1) is 7.11 Å². The molecule has 0 aliphatic heterocycles. The van der Waals surface area contributed by atoms with Crippen molar-refractivity contribution in [2.45, 2.75) is 26.7 Å². The average molecular weight is 360 g/mol. The van der Waals surface area contributed by atoms with E-state index >= 15 is 0 Å². The molecule has 2 rings (SSSR count). The molecule has 0 unspecified atom stereocenters. The maximum atomic E-state index is 12.2. The van der Waals surface area contributed by atoms with E-state index in [2.05, 4.69) is 5.32 Å². The van der Waals surface area contributed by atoms with Crippen LogP contribution in [-0.2, 0) is 14.3 Å². The molecule has 2 aromatic rings. The van der Waals surface area contributed by atoms with Crippen LogP contribution in [0.25, 0.3) is 11.1 Å². The number of rotatable bonds is 6. The predicted octanol–water partition coefficient (Wildman–Crippen LogP) is 2.29. The summed E-state index contributed by atoms with van der Waals surface area (Å²) in [5, 5.41) is 15.2. The lowest BCUT2D eigenvalue weighted by atomic mass is 9.99. The number of hydrogen-bond donors (Lipinski definition) is 1. The summed E-state index contributed by atoms with van der Waals surface area (Å²) in [6, 6.07) is 5.82. The summed E-state index contributed by atoms with van der Waals surface area (Å²) in [5.41, 5.74) is 3.98. The minimum Gasteiger partial charge on any atom is -0.550 e. The molecule has 1 amide bonds. The van der Waals surface area contributed by atoms with Crippen LogP contribution in [0.5, 0.6) is 0 Å². The smallest absolute Gasteiger partial charge is 0.341 e. The maximum absolute atomic E-state index is 12.2. The molecule has 132 valence electrons. The van der Waals surface area contributed by atoms with Crippen molar-refractivity contribution >= 4 is 34.2 Å². The van der Waals surface area contributed by atoms with Crippen molar-refractivity contribution in [2.24, 2.45) is 0 Å². The molecule has 0 aliphatic carbocycles. The largest absolute Gasteiger partial charge is 0.550 e. The van der Waals surface area contributed by atoms with Gasteiger partial charge in [0.1, 0.15) is 10.6 Å². The normalized spacial score (nSPS) is 10.4. The summed E-state index contributed by atoms with van der Waals surface area (Å²) >= 11 is 1.19. The molecule has 0 spiro atoms. The fraction of sp³-hybridized carbons (Fsp3) is 0.278. The lowest BCUT2D eigenvalue weighted by molar-refractivity contribution is -0.305. The van der Waals surface area contributed by atoms with E-state index in [9.17, 15) is 19.5 Å². The van der Waals surface area contributed by atoms with Crippen molar-refractivity contribution in [1.82, 2.24) is 0 Å². The number of amides is 1. The van der Waals surface area contributed by atoms with E-state index in [1.807, 2.05) is 32.0 Å². The Labute approximate surface area is 149 Å². The molecule has 0 saturated carbocycles. The van der Waals surface area contributed by atoms with Crippen LogP contribution in [0.4, 0.5) is 5.00 Å². The van der Waals surface area contributed by atoms with Crippen molar-refractivity contribution < 1.29 is 24.2 Å². The number of carboxylic acids is 1. The number of benzene rings is 1. The minimum atomic E-state index is -1.30. The second kappa shape index (κ2) is 7.94. The Morgan fingerprint density at radius 3 is 2.48 bits per heavy atom. The number of carbonyl (C=O) groups excluding carboxylic acids is 3. The van der Waals surface area contributed by atoms with Gasteiger partial charge in [-0.15, -0.1) is 11.3 Å². The van der Waals surface area contributed by atoms with Gasteiger partial charge in [-0.05, 0) is 37.0 Å². The van der Waals surface area contributed by atoms with Gasteiger partial charge in [-0.3, -0.25) is 4.79 Å². The van der Waals surface area contributed by atoms with Gasteiger partial charge in [-0.25, -0.2) is 4.79 Å². The first-order valence-electron chi connectivity index (χ1n) is 7.60. The molecule has 0 aliphatic rings. The van der Waals surface area contributed by atoms with Crippen LogP contribution in [0.2, 0.25) is 0 Å². The Morgan fingerprint density at radius 2 is 1.88 bits per heavy atom. The highest BCUT2D eigenvalue weighted by molar-refractivity contribution is 7.15. The Morgan fingerprint density at radius 1 is 1.16 bits per heavy atom. The third kappa shape index (κ3) is 4.45. The molecule has 6 nitrogen and oxygen atoms in total. The number of methoxy groups -OCH3 is 1. The summed E-state index contributed by atoms with van der Waals surface area (Å²) in [6.07, 6.45) is -0.603. The van der Waals surface area contributed by atoms with Gasteiger partial charge in [0.25, 0.3) is 0 Å². The highest BCUT2D eigenvalue weighted by Gasteiger charge is 2.22. The zero-order chi connectivity index (χ0) is 18.6. The zero-order valence-electron chi connectivity index (χ0n) is 14.2. The Kier molecular flexibility index (Phi) is 5.93. The number of nitrogens with one attached hydrogen (secondary N) is 1. The number of ether oxygens (including phenoxy) is 1. The monoisotopic (exact) mass is 360 g/mol. The molecular formula is C18H18NO5S-. The van der Waals surface area contributed by atoms with Crippen LogP contribution < -0.4 is 10.4 Å². The fourth-order valence-electron chi connectivity index (χ4n) is 2.28. The lowest BCUT2D eigenvalue weighted by Crippen LogP contribution is -2.24. The second-order valence-corrected chi connectivity index (χ2v) is 6.44. The van der Waals surface area contributed by atoms with Crippen molar-refractivity contribution in [1.29, 1.82) is 0 Å². The molecular weight excluding hydrogens is 342 g/mol. The molecule has 1 N–H and O–H groups in total. The molecule has 0 saturated heterocycles. The molecule has 0 fully saturated rings. The number of carboxylic acid groups (broad SMARTS) is 1. The summed E-state index contributed by atoms with van der Waals surface area (Å²) in [5.74, 6) is -2.36. The van der Waals surface area contributed by atoms with Crippen LogP contribution in [0.15, 0.2) is 23.6 Å². The number of aliphatic carboxylic acids is 1. The Bertz CT molecular complexity index is 825. The van der Waals surface area contributed by atoms with E-state index in [0.29, 0.717) is 10.6 Å². The van der Waals surface area contributed by atoms with Crippen molar-refractivity contribution in [3.05, 3.63) is 40.3 Å². The van der Waals surface area contributed by atoms with E-state index < -0.39 is 17.8 Å². The van der Waals surface area contributed by atoms with Gasteiger partial charge >= 0.3 is 5.97 Å². The Balaban J connectivity index is 2.37. The molecule has 0 bridgehead atoms. The second-order valence-electron chi connectivity index (χ2n) is 5.56. The van der Waals surface area contributed by atoms with Crippen LogP contribution in [0.1, 0.15) is 34.3 Å². The summed E-state index contributed by atoms with van der Waals surface area (Å²) < 4.78 is 4.84. The number of thiophene rings is 1. The van der Waals surface area contributed by atoms with Gasteiger partial charge < -0.3 is 20.0 Å². The zero-order valence-corrected chi connectivity index (χ0v) is 15.0. The van der Waals surface area contributed by atoms with Crippen LogP contribution in [0, 0.1) is 13.8 Å². The molecule has 1 aromatic heterocycles. The van der Waals surface area contributed by atoms with Gasteiger partial charge in [0, 0.05) is 23.3 Å². The summed E-state index contributed by atoms with van der Waals surface area (Å²) in [4.78, 5) is 34.6. The number of aryl methyl sites for hydroxylation is 2. The molecule has 7 heteroatoms. The first kappa shape index (κ1) is 18.7. The Hall–Kier alpha value is -2.67. The lowest BCUT2D eigenvalue weighted by Gasteiger charge is -2.09. The standard InChI is InChI=1S/C18H19NO5S/c1-10-4-5-12(8-11(10)2)13-9-25-17(16(13)18(23)24-3)19-14(20)6-7-15(21)22/h4-5,8-9H,6-7H2,1-3H3,(H,19,20)(H,21,22)/p-1. The van der Waals surface area contributed by atoms with Gasteiger partial charge in [-0.1, -0.05) is 18.2 Å². The molecule has 1 heterocycles. The number of esters is 1. The molecule has 25 heavy (non-hydrogen) atoms. The van der Waals surface area contributed by atoms with Crippen molar-refractivity contribution in [3.63, 3.8) is 0 Å². The van der Waals surface area contributed by atoms with Crippen LogP contribution in [-0.4, -0.2) is 25.0 Å². The number of anilines is 1. The van der Waals surface area contributed by atoms with E-state index in [4.69, 9.17) is 4.74 Å². The topological polar surface area (TPSA) is 95.5 Å².